The highest BCUT2D eigenvalue weighted by atomic mass is 19.4. The first-order valence-corrected chi connectivity index (χ1v) is 6.47. The highest BCUT2D eigenvalue weighted by Gasteiger charge is 2.42. The number of carbonyl (C=O) groups is 2. The molecule has 0 spiro atoms. The lowest BCUT2D eigenvalue weighted by molar-refractivity contribution is -0.184. The van der Waals surface area contributed by atoms with Crippen molar-refractivity contribution >= 4 is 11.9 Å². The topological polar surface area (TPSA) is 86.6 Å². The fourth-order valence-corrected chi connectivity index (χ4v) is 2.28. The summed E-state index contributed by atoms with van der Waals surface area (Å²) in [7, 11) is 0. The van der Waals surface area contributed by atoms with Crippen molar-refractivity contribution in [2.24, 2.45) is 11.8 Å². The molecule has 0 aliphatic heterocycles. The Labute approximate surface area is 114 Å². The van der Waals surface area contributed by atoms with E-state index in [0.29, 0.717) is 0 Å². The van der Waals surface area contributed by atoms with Gasteiger partial charge in [0.1, 0.15) is 0 Å². The summed E-state index contributed by atoms with van der Waals surface area (Å²) < 4.78 is 37.4. The Morgan fingerprint density at radius 2 is 1.75 bits per heavy atom. The third kappa shape index (κ3) is 4.99. The standard InChI is InChI=1S/C12H18F3NO4/c13-12(14,15)8-3-1-7(2-4-8)10(18)16-6-5-9(17)11(19)20/h7-9,17H,1-6H2,(H,16,18)(H,19,20). The minimum atomic E-state index is -4.20. The van der Waals surface area contributed by atoms with Gasteiger partial charge in [-0.3, -0.25) is 4.79 Å². The number of carboxylic acid groups (broad SMARTS) is 1. The number of rotatable bonds is 5. The van der Waals surface area contributed by atoms with Crippen LogP contribution in [-0.4, -0.2) is 40.9 Å². The van der Waals surface area contributed by atoms with E-state index in [1.165, 1.54) is 0 Å². The van der Waals surface area contributed by atoms with Crippen LogP contribution in [0.15, 0.2) is 0 Å². The molecule has 0 aromatic heterocycles. The van der Waals surface area contributed by atoms with Crippen LogP contribution >= 0.6 is 0 Å². The van der Waals surface area contributed by atoms with Crippen LogP contribution in [-0.2, 0) is 9.59 Å². The van der Waals surface area contributed by atoms with E-state index in [9.17, 15) is 22.8 Å². The van der Waals surface area contributed by atoms with Crippen molar-refractivity contribution in [2.45, 2.75) is 44.4 Å². The highest BCUT2D eigenvalue weighted by Crippen LogP contribution is 2.39. The van der Waals surface area contributed by atoms with Crippen molar-refractivity contribution in [3.8, 4) is 0 Å². The van der Waals surface area contributed by atoms with Gasteiger partial charge in [0.2, 0.25) is 5.91 Å². The largest absolute Gasteiger partial charge is 0.479 e. The van der Waals surface area contributed by atoms with Gasteiger partial charge < -0.3 is 15.5 Å². The molecular weight excluding hydrogens is 279 g/mol. The first-order chi connectivity index (χ1) is 9.21. The summed E-state index contributed by atoms with van der Waals surface area (Å²) in [6.07, 6.45) is -5.63. The Bertz CT molecular complexity index is 351. The molecule has 0 saturated heterocycles. The first kappa shape index (κ1) is 16.7. The number of nitrogens with one attached hydrogen (secondary N) is 1. The molecule has 0 radical (unpaired) electrons. The van der Waals surface area contributed by atoms with E-state index in [2.05, 4.69) is 5.32 Å². The third-order valence-electron chi connectivity index (χ3n) is 3.56. The van der Waals surface area contributed by atoms with E-state index in [0.717, 1.165) is 0 Å². The summed E-state index contributed by atoms with van der Waals surface area (Å²) >= 11 is 0. The zero-order valence-electron chi connectivity index (χ0n) is 10.8. The van der Waals surface area contributed by atoms with Crippen LogP contribution < -0.4 is 5.32 Å². The summed E-state index contributed by atoms with van der Waals surface area (Å²) in [5.41, 5.74) is 0. The maximum atomic E-state index is 12.5. The summed E-state index contributed by atoms with van der Waals surface area (Å²) in [6.45, 7) is -0.00843. The van der Waals surface area contributed by atoms with E-state index in [-0.39, 0.29) is 44.6 Å². The molecule has 8 heteroatoms. The SMILES string of the molecule is O=C(O)C(O)CCNC(=O)C1CCC(C(F)(F)F)CC1. The molecular formula is C12H18F3NO4. The van der Waals surface area contributed by atoms with Gasteiger partial charge in [0.25, 0.3) is 0 Å². The van der Waals surface area contributed by atoms with Crippen LogP contribution in [0.2, 0.25) is 0 Å². The number of amides is 1. The van der Waals surface area contributed by atoms with E-state index in [1.807, 2.05) is 0 Å². The fraction of sp³-hybridized carbons (Fsp3) is 0.833. The molecule has 1 aliphatic rings. The smallest absolute Gasteiger partial charge is 0.391 e. The van der Waals surface area contributed by atoms with Gasteiger partial charge in [0.05, 0.1) is 5.92 Å². The molecule has 0 heterocycles. The van der Waals surface area contributed by atoms with Crippen molar-refractivity contribution < 1.29 is 33.0 Å². The molecule has 3 N–H and O–H groups in total. The third-order valence-corrected chi connectivity index (χ3v) is 3.56. The lowest BCUT2D eigenvalue weighted by atomic mass is 9.81. The molecule has 116 valence electrons. The number of aliphatic hydroxyl groups excluding tert-OH is 1. The molecule has 1 amide bonds. The minimum absolute atomic E-state index is 0.00843. The molecule has 1 aliphatic carbocycles. The summed E-state index contributed by atoms with van der Waals surface area (Å²) in [5.74, 6) is -3.54. The van der Waals surface area contributed by atoms with Gasteiger partial charge in [-0.15, -0.1) is 0 Å². The molecule has 5 nitrogen and oxygen atoms in total. The number of hydrogen-bond acceptors (Lipinski definition) is 3. The van der Waals surface area contributed by atoms with Crippen molar-refractivity contribution in [3.05, 3.63) is 0 Å². The van der Waals surface area contributed by atoms with Gasteiger partial charge in [-0.2, -0.15) is 13.2 Å². The predicted octanol–water partition coefficient (Wildman–Crippen LogP) is 1.31. The average Bonchev–Trinajstić information content (AvgIpc) is 2.37. The Morgan fingerprint density at radius 3 is 2.20 bits per heavy atom. The highest BCUT2D eigenvalue weighted by molar-refractivity contribution is 5.78. The van der Waals surface area contributed by atoms with E-state index in [4.69, 9.17) is 10.2 Å². The number of carbonyl (C=O) groups excluding carboxylic acids is 1. The lowest BCUT2D eigenvalue weighted by Crippen LogP contribution is -2.37. The van der Waals surface area contributed by atoms with E-state index < -0.39 is 30.1 Å². The van der Waals surface area contributed by atoms with Crippen molar-refractivity contribution in [1.29, 1.82) is 0 Å². The van der Waals surface area contributed by atoms with Crippen molar-refractivity contribution in [2.75, 3.05) is 6.54 Å². The Balaban J connectivity index is 2.28. The summed E-state index contributed by atoms with van der Waals surface area (Å²) in [5, 5.41) is 19.9. The average molecular weight is 297 g/mol. The van der Waals surface area contributed by atoms with Crippen LogP contribution in [0.4, 0.5) is 13.2 Å². The Hall–Kier alpha value is -1.31. The van der Waals surface area contributed by atoms with Gasteiger partial charge >= 0.3 is 12.1 Å². The zero-order chi connectivity index (χ0) is 15.3. The van der Waals surface area contributed by atoms with Crippen LogP contribution in [0.25, 0.3) is 0 Å². The molecule has 1 fully saturated rings. The predicted molar refractivity (Wildman–Crippen MR) is 62.8 cm³/mol. The number of carboxylic acids is 1. The zero-order valence-corrected chi connectivity index (χ0v) is 10.8. The quantitative estimate of drug-likeness (QED) is 0.714. The van der Waals surface area contributed by atoms with Gasteiger partial charge in [0, 0.05) is 18.9 Å². The van der Waals surface area contributed by atoms with Gasteiger partial charge in [-0.05, 0) is 25.7 Å². The minimum Gasteiger partial charge on any atom is -0.479 e. The number of alkyl halides is 3. The second-order valence-electron chi connectivity index (χ2n) is 5.02. The van der Waals surface area contributed by atoms with E-state index >= 15 is 0 Å². The molecule has 1 rings (SSSR count). The number of aliphatic hydroxyl groups is 1. The maximum Gasteiger partial charge on any atom is 0.391 e. The van der Waals surface area contributed by atoms with Crippen molar-refractivity contribution in [3.63, 3.8) is 0 Å². The molecule has 0 aromatic rings. The Kier molecular flexibility index (Phi) is 5.79. The molecule has 0 bridgehead atoms. The van der Waals surface area contributed by atoms with Gasteiger partial charge in [0.15, 0.2) is 6.10 Å². The van der Waals surface area contributed by atoms with E-state index in [1.54, 1.807) is 0 Å². The van der Waals surface area contributed by atoms with Crippen LogP contribution in [0.5, 0.6) is 0 Å². The van der Waals surface area contributed by atoms with Crippen LogP contribution in [0, 0.1) is 11.8 Å². The monoisotopic (exact) mass is 297 g/mol. The summed E-state index contributed by atoms with van der Waals surface area (Å²) in [4.78, 5) is 22.0. The summed E-state index contributed by atoms with van der Waals surface area (Å²) in [6, 6.07) is 0. The normalized spacial score (nSPS) is 25.0. The molecule has 1 atom stereocenters. The van der Waals surface area contributed by atoms with Crippen LogP contribution in [0.1, 0.15) is 32.1 Å². The molecule has 0 aromatic carbocycles. The number of aliphatic carboxylic acids is 1. The lowest BCUT2D eigenvalue weighted by Gasteiger charge is -2.29. The van der Waals surface area contributed by atoms with Gasteiger partial charge in [-0.1, -0.05) is 0 Å². The second kappa shape index (κ2) is 6.92. The first-order valence-electron chi connectivity index (χ1n) is 6.47. The molecule has 20 heavy (non-hydrogen) atoms. The number of hydrogen-bond donors (Lipinski definition) is 3. The Morgan fingerprint density at radius 1 is 1.20 bits per heavy atom. The molecule has 1 saturated carbocycles. The second-order valence-corrected chi connectivity index (χ2v) is 5.02. The van der Waals surface area contributed by atoms with Crippen LogP contribution in [0.3, 0.4) is 0 Å². The van der Waals surface area contributed by atoms with Crippen molar-refractivity contribution in [1.82, 2.24) is 5.32 Å². The maximum absolute atomic E-state index is 12.5. The fourth-order valence-electron chi connectivity index (χ4n) is 2.28. The number of halogens is 3. The van der Waals surface area contributed by atoms with Gasteiger partial charge in [-0.25, -0.2) is 4.79 Å². The molecule has 1 unspecified atom stereocenters.